The number of nitrogens with one attached hydrogen (secondary N) is 1. The van der Waals surface area contributed by atoms with Gasteiger partial charge in [0.2, 0.25) is 15.9 Å². The first kappa shape index (κ1) is 19.3. The molecule has 3 N–H and O–H groups in total. The summed E-state index contributed by atoms with van der Waals surface area (Å²) in [5, 5.41) is 2.84. The van der Waals surface area contributed by atoms with Gasteiger partial charge in [-0.3, -0.25) is 4.79 Å². The summed E-state index contributed by atoms with van der Waals surface area (Å²) >= 11 is 0. The average molecular weight is 381 g/mol. The quantitative estimate of drug-likeness (QED) is 0.792. The summed E-state index contributed by atoms with van der Waals surface area (Å²) in [6.07, 6.45) is 3.85. The molecule has 1 amide bonds. The molecule has 1 aromatic carbocycles. The fraction of sp³-hybridized carbons (Fsp3) is 0.611. The predicted octanol–water partition coefficient (Wildman–Crippen LogP) is 0.985. The molecule has 0 unspecified atom stereocenters. The SMILES string of the molecule is NC1(C(=O)NCc2cccc(S(=O)(=O)N3CCCCC3)c2)CCOCC1. The molecule has 2 aliphatic heterocycles. The number of carbonyl (C=O) groups is 1. The number of nitrogens with two attached hydrogens (primary N) is 1. The zero-order valence-corrected chi connectivity index (χ0v) is 15.8. The fourth-order valence-electron chi connectivity index (χ4n) is 3.39. The van der Waals surface area contributed by atoms with Crippen molar-refractivity contribution in [2.75, 3.05) is 26.3 Å². The first-order chi connectivity index (χ1) is 12.4. The molecule has 2 fully saturated rings. The summed E-state index contributed by atoms with van der Waals surface area (Å²) in [6.45, 7) is 2.35. The molecule has 2 aliphatic rings. The molecule has 0 spiro atoms. The summed E-state index contributed by atoms with van der Waals surface area (Å²) in [7, 11) is -3.48. The molecule has 26 heavy (non-hydrogen) atoms. The van der Waals surface area contributed by atoms with Crippen molar-refractivity contribution in [1.29, 1.82) is 0 Å². The van der Waals surface area contributed by atoms with Gasteiger partial charge in [-0.1, -0.05) is 18.6 Å². The van der Waals surface area contributed by atoms with Crippen LogP contribution in [0, 0.1) is 0 Å². The Balaban J connectivity index is 1.66. The second kappa shape index (κ2) is 8.04. The Morgan fingerprint density at radius 1 is 1.19 bits per heavy atom. The monoisotopic (exact) mass is 381 g/mol. The van der Waals surface area contributed by atoms with Crippen LogP contribution in [-0.2, 0) is 26.1 Å². The van der Waals surface area contributed by atoms with Crippen molar-refractivity contribution in [1.82, 2.24) is 9.62 Å². The maximum atomic E-state index is 12.8. The smallest absolute Gasteiger partial charge is 0.243 e. The van der Waals surface area contributed by atoms with Crippen LogP contribution in [0.4, 0.5) is 0 Å². The molecule has 0 aromatic heterocycles. The molecule has 2 saturated heterocycles. The maximum Gasteiger partial charge on any atom is 0.243 e. The highest BCUT2D eigenvalue weighted by Gasteiger charge is 2.35. The van der Waals surface area contributed by atoms with Crippen LogP contribution < -0.4 is 11.1 Å². The third kappa shape index (κ3) is 4.25. The summed E-state index contributed by atoms with van der Waals surface area (Å²) in [6, 6.07) is 6.77. The Morgan fingerprint density at radius 3 is 2.58 bits per heavy atom. The molecule has 7 nitrogen and oxygen atoms in total. The van der Waals surface area contributed by atoms with Gasteiger partial charge in [0.25, 0.3) is 0 Å². The Hall–Kier alpha value is -1.48. The number of rotatable bonds is 5. The summed E-state index contributed by atoms with van der Waals surface area (Å²) in [5.41, 5.74) is 6.00. The number of hydrogen-bond donors (Lipinski definition) is 2. The van der Waals surface area contributed by atoms with Crippen LogP contribution in [0.2, 0.25) is 0 Å². The third-order valence-electron chi connectivity index (χ3n) is 5.14. The zero-order valence-electron chi connectivity index (χ0n) is 14.9. The van der Waals surface area contributed by atoms with Gasteiger partial charge in [0.05, 0.1) is 10.4 Å². The Morgan fingerprint density at radius 2 is 1.88 bits per heavy atom. The lowest BCUT2D eigenvalue weighted by Gasteiger charge is -2.31. The van der Waals surface area contributed by atoms with Crippen LogP contribution >= 0.6 is 0 Å². The number of benzene rings is 1. The molecular weight excluding hydrogens is 354 g/mol. The number of amides is 1. The lowest BCUT2D eigenvalue weighted by molar-refractivity contribution is -0.129. The van der Waals surface area contributed by atoms with Crippen molar-refractivity contribution in [3.05, 3.63) is 29.8 Å². The van der Waals surface area contributed by atoms with Gasteiger partial charge in [0.15, 0.2) is 0 Å². The molecule has 1 aromatic rings. The van der Waals surface area contributed by atoms with Gasteiger partial charge in [0, 0.05) is 32.8 Å². The number of hydrogen-bond acceptors (Lipinski definition) is 5. The van der Waals surface area contributed by atoms with Crippen molar-refractivity contribution >= 4 is 15.9 Å². The highest BCUT2D eigenvalue weighted by atomic mass is 32.2. The Bertz CT molecular complexity index is 739. The number of piperidine rings is 1. The maximum absolute atomic E-state index is 12.8. The summed E-state index contributed by atoms with van der Waals surface area (Å²) < 4.78 is 32.4. The molecule has 0 aliphatic carbocycles. The van der Waals surface area contributed by atoms with Gasteiger partial charge < -0.3 is 15.8 Å². The average Bonchev–Trinajstić information content (AvgIpc) is 2.67. The first-order valence-corrected chi connectivity index (χ1v) is 10.6. The van der Waals surface area contributed by atoms with E-state index in [9.17, 15) is 13.2 Å². The molecule has 8 heteroatoms. The van der Waals surface area contributed by atoms with Crippen LogP contribution in [0.15, 0.2) is 29.2 Å². The Labute approximate surface area is 154 Å². The Kier molecular flexibility index (Phi) is 5.96. The lowest BCUT2D eigenvalue weighted by atomic mass is 9.90. The number of carbonyl (C=O) groups excluding carboxylic acids is 1. The van der Waals surface area contributed by atoms with Gasteiger partial charge in [-0.25, -0.2) is 8.42 Å². The topological polar surface area (TPSA) is 102 Å². The van der Waals surface area contributed by atoms with Gasteiger partial charge >= 0.3 is 0 Å². The van der Waals surface area contributed by atoms with Gasteiger partial charge in [-0.2, -0.15) is 4.31 Å². The van der Waals surface area contributed by atoms with Crippen molar-refractivity contribution in [2.45, 2.75) is 49.1 Å². The number of nitrogens with zero attached hydrogens (tertiary/aromatic N) is 1. The van der Waals surface area contributed by atoms with E-state index in [2.05, 4.69) is 5.32 Å². The minimum Gasteiger partial charge on any atom is -0.381 e. The van der Waals surface area contributed by atoms with Crippen LogP contribution in [0.25, 0.3) is 0 Å². The van der Waals surface area contributed by atoms with Gasteiger partial charge in [0.1, 0.15) is 0 Å². The van der Waals surface area contributed by atoms with Crippen molar-refractivity contribution in [3.63, 3.8) is 0 Å². The van der Waals surface area contributed by atoms with E-state index >= 15 is 0 Å². The van der Waals surface area contributed by atoms with Crippen LogP contribution in [-0.4, -0.2) is 50.5 Å². The van der Waals surface area contributed by atoms with Crippen LogP contribution in [0.1, 0.15) is 37.7 Å². The van der Waals surface area contributed by atoms with E-state index in [1.165, 1.54) is 0 Å². The van der Waals surface area contributed by atoms with Crippen molar-refractivity contribution < 1.29 is 17.9 Å². The van der Waals surface area contributed by atoms with E-state index in [0.717, 1.165) is 24.8 Å². The van der Waals surface area contributed by atoms with E-state index < -0.39 is 15.6 Å². The molecular formula is C18H27N3O4S. The predicted molar refractivity (Wildman–Crippen MR) is 97.9 cm³/mol. The lowest BCUT2D eigenvalue weighted by Crippen LogP contribution is -2.56. The number of sulfonamides is 1. The van der Waals surface area contributed by atoms with Crippen molar-refractivity contribution in [2.24, 2.45) is 5.73 Å². The van der Waals surface area contributed by atoms with E-state index in [1.807, 2.05) is 6.07 Å². The second-order valence-electron chi connectivity index (χ2n) is 7.06. The van der Waals surface area contributed by atoms with E-state index in [4.69, 9.17) is 10.5 Å². The fourth-order valence-corrected chi connectivity index (χ4v) is 4.98. The standard InChI is InChI=1S/C18H27N3O4S/c19-18(7-11-25-12-8-18)17(22)20-14-15-5-4-6-16(13-15)26(23,24)21-9-2-1-3-10-21/h4-6,13H,1-3,7-12,14,19H2,(H,20,22). The molecule has 0 saturated carbocycles. The van der Waals surface area contributed by atoms with Crippen LogP contribution in [0.3, 0.4) is 0 Å². The summed E-state index contributed by atoms with van der Waals surface area (Å²) in [4.78, 5) is 12.7. The minimum atomic E-state index is -3.48. The molecule has 144 valence electrons. The highest BCUT2D eigenvalue weighted by molar-refractivity contribution is 7.89. The first-order valence-electron chi connectivity index (χ1n) is 9.16. The third-order valence-corrected chi connectivity index (χ3v) is 7.04. The number of ether oxygens (including phenoxy) is 1. The normalized spacial score (nSPS) is 21.3. The van der Waals surface area contributed by atoms with Crippen LogP contribution in [0.5, 0.6) is 0 Å². The van der Waals surface area contributed by atoms with E-state index in [-0.39, 0.29) is 17.3 Å². The molecule has 0 atom stereocenters. The van der Waals surface area contributed by atoms with Crippen molar-refractivity contribution in [3.8, 4) is 0 Å². The molecule has 2 heterocycles. The van der Waals surface area contributed by atoms with E-state index in [0.29, 0.717) is 39.1 Å². The molecule has 0 radical (unpaired) electrons. The molecule has 3 rings (SSSR count). The van der Waals surface area contributed by atoms with E-state index in [1.54, 1.807) is 22.5 Å². The summed E-state index contributed by atoms with van der Waals surface area (Å²) in [5.74, 6) is -0.218. The minimum absolute atomic E-state index is 0.218. The largest absolute Gasteiger partial charge is 0.381 e. The van der Waals surface area contributed by atoms with Gasteiger partial charge in [-0.15, -0.1) is 0 Å². The zero-order chi connectivity index (χ0) is 18.6. The highest BCUT2D eigenvalue weighted by Crippen LogP contribution is 2.22. The molecule has 0 bridgehead atoms. The van der Waals surface area contributed by atoms with Gasteiger partial charge in [-0.05, 0) is 43.4 Å². The second-order valence-corrected chi connectivity index (χ2v) is 9.00.